The molecule has 0 aliphatic carbocycles. The van der Waals surface area contributed by atoms with E-state index in [1.807, 2.05) is 0 Å². The highest BCUT2D eigenvalue weighted by atomic mass is 32.2. The summed E-state index contributed by atoms with van der Waals surface area (Å²) in [7, 11) is -3.85. The van der Waals surface area contributed by atoms with Crippen LogP contribution in [0.2, 0.25) is 0 Å². The number of carboxylic acid groups (broad SMARTS) is 1. The second-order valence-corrected chi connectivity index (χ2v) is 8.85. The van der Waals surface area contributed by atoms with Crippen LogP contribution < -0.4 is 0 Å². The second-order valence-electron chi connectivity index (χ2n) is 6.26. The van der Waals surface area contributed by atoms with Gasteiger partial charge in [-0.1, -0.05) is 6.07 Å². The molecule has 2 aliphatic heterocycles. The highest BCUT2D eigenvalue weighted by Crippen LogP contribution is 2.48. The average molecular weight is 336 g/mol. The fraction of sp³-hybridized carbons (Fsp3) is 0.400. The summed E-state index contributed by atoms with van der Waals surface area (Å²) in [4.78, 5) is 28.9. The number of nitrogens with zero attached hydrogens (tertiary/aromatic N) is 2. The SMILES string of the molecule is Cc1cccnc1/C=C1/C(=O)N2[C@@H](C(=O)O)C(C)(C)S(=O)(=O)[C@H]12. The van der Waals surface area contributed by atoms with Crippen molar-refractivity contribution in [2.45, 2.75) is 36.9 Å². The molecule has 0 bridgehead atoms. The zero-order valence-electron chi connectivity index (χ0n) is 12.8. The molecule has 0 saturated carbocycles. The first-order chi connectivity index (χ1) is 10.6. The van der Waals surface area contributed by atoms with Gasteiger partial charge in [-0.3, -0.25) is 9.78 Å². The quantitative estimate of drug-likeness (QED) is 0.626. The summed E-state index contributed by atoms with van der Waals surface area (Å²) in [5.41, 5.74) is 1.38. The fourth-order valence-electron chi connectivity index (χ4n) is 3.14. The number of hydrogen-bond donors (Lipinski definition) is 1. The van der Waals surface area contributed by atoms with E-state index in [0.29, 0.717) is 5.69 Å². The minimum atomic E-state index is -3.85. The van der Waals surface area contributed by atoms with Gasteiger partial charge in [-0.2, -0.15) is 0 Å². The Labute approximate surface area is 133 Å². The highest BCUT2D eigenvalue weighted by molar-refractivity contribution is 7.94. The Kier molecular flexibility index (Phi) is 3.16. The predicted molar refractivity (Wildman–Crippen MR) is 82.0 cm³/mol. The molecule has 1 aromatic rings. The standard InChI is InChI=1S/C15H16N2O5S/c1-8-5-4-6-16-10(8)7-9-12(18)17-11(14(19)20)15(2,3)23(21,22)13(9)17/h4-7,11,13H,1-3H3,(H,19,20)/b9-7-/t11-,13+/m0/s1. The van der Waals surface area contributed by atoms with Gasteiger partial charge in [0.1, 0.15) is 4.75 Å². The van der Waals surface area contributed by atoms with E-state index in [9.17, 15) is 23.1 Å². The molecule has 2 atom stereocenters. The van der Waals surface area contributed by atoms with Crippen molar-refractivity contribution in [3.63, 3.8) is 0 Å². The number of aryl methyl sites for hydroxylation is 1. The molecule has 2 fully saturated rings. The Balaban J connectivity index is 2.12. The summed E-state index contributed by atoms with van der Waals surface area (Å²) in [6.45, 7) is 4.49. The van der Waals surface area contributed by atoms with Crippen molar-refractivity contribution >= 4 is 27.8 Å². The summed E-state index contributed by atoms with van der Waals surface area (Å²) in [5.74, 6) is -1.89. The van der Waals surface area contributed by atoms with Crippen LogP contribution in [0.4, 0.5) is 0 Å². The average Bonchev–Trinajstić information content (AvgIpc) is 2.60. The zero-order valence-corrected chi connectivity index (χ0v) is 13.7. The molecule has 122 valence electrons. The molecule has 23 heavy (non-hydrogen) atoms. The lowest BCUT2D eigenvalue weighted by atomic mass is 9.95. The minimum Gasteiger partial charge on any atom is -0.480 e. The normalized spacial score (nSPS) is 29.3. The van der Waals surface area contributed by atoms with Gasteiger partial charge < -0.3 is 10.0 Å². The van der Waals surface area contributed by atoms with Crippen molar-refractivity contribution in [2.75, 3.05) is 0 Å². The first kappa shape index (κ1) is 15.7. The Bertz CT molecular complexity index is 856. The van der Waals surface area contributed by atoms with Gasteiger partial charge in [0, 0.05) is 6.20 Å². The second kappa shape index (κ2) is 4.64. The zero-order chi connectivity index (χ0) is 17.2. The number of carbonyl (C=O) groups is 2. The summed E-state index contributed by atoms with van der Waals surface area (Å²) in [5, 5.41) is 8.14. The van der Waals surface area contributed by atoms with E-state index in [0.717, 1.165) is 10.5 Å². The van der Waals surface area contributed by atoms with Crippen LogP contribution in [0.25, 0.3) is 6.08 Å². The van der Waals surface area contributed by atoms with Crippen LogP contribution in [0, 0.1) is 6.92 Å². The largest absolute Gasteiger partial charge is 0.480 e. The summed E-state index contributed by atoms with van der Waals surface area (Å²) < 4.78 is 23.9. The van der Waals surface area contributed by atoms with E-state index in [-0.39, 0.29) is 5.57 Å². The van der Waals surface area contributed by atoms with Crippen molar-refractivity contribution in [3.05, 3.63) is 35.2 Å². The molecule has 3 heterocycles. The number of sulfone groups is 1. The number of fused-ring (bicyclic) bond motifs is 1. The Morgan fingerprint density at radius 1 is 1.43 bits per heavy atom. The van der Waals surface area contributed by atoms with Crippen LogP contribution in [-0.2, 0) is 19.4 Å². The molecule has 2 saturated heterocycles. The maximum absolute atomic E-state index is 12.7. The number of β-lactam (4-membered cyclic amide) rings is 1. The van der Waals surface area contributed by atoms with Crippen molar-refractivity contribution in [2.24, 2.45) is 0 Å². The number of carboxylic acids is 1. The summed E-state index contributed by atoms with van der Waals surface area (Å²) in [6, 6.07) is 2.15. The van der Waals surface area contributed by atoms with Crippen LogP contribution in [0.15, 0.2) is 23.9 Å². The van der Waals surface area contributed by atoms with Gasteiger partial charge in [0.25, 0.3) is 5.91 Å². The molecule has 2 aliphatic rings. The number of carbonyl (C=O) groups excluding carboxylic acids is 1. The van der Waals surface area contributed by atoms with Crippen LogP contribution >= 0.6 is 0 Å². The van der Waals surface area contributed by atoms with Gasteiger partial charge in [0.05, 0.1) is 11.3 Å². The number of aliphatic carboxylic acids is 1. The van der Waals surface area contributed by atoms with E-state index >= 15 is 0 Å². The number of amides is 1. The topological polar surface area (TPSA) is 105 Å². The van der Waals surface area contributed by atoms with Gasteiger partial charge >= 0.3 is 5.97 Å². The molecule has 3 rings (SSSR count). The van der Waals surface area contributed by atoms with E-state index in [4.69, 9.17) is 0 Å². The summed E-state index contributed by atoms with van der Waals surface area (Å²) in [6.07, 6.45) is 2.99. The van der Waals surface area contributed by atoms with Crippen LogP contribution in [0.5, 0.6) is 0 Å². The van der Waals surface area contributed by atoms with Crippen LogP contribution in [-0.4, -0.2) is 51.4 Å². The molecule has 0 aromatic carbocycles. The monoisotopic (exact) mass is 336 g/mol. The molecule has 0 spiro atoms. The van der Waals surface area contributed by atoms with E-state index < -0.39 is 37.9 Å². The Hall–Kier alpha value is -2.22. The van der Waals surface area contributed by atoms with Gasteiger partial charge in [0.15, 0.2) is 21.3 Å². The molecule has 1 aromatic heterocycles. The lowest BCUT2D eigenvalue weighted by molar-refractivity contribution is -0.152. The number of aromatic nitrogens is 1. The molecule has 1 N–H and O–H groups in total. The first-order valence-electron chi connectivity index (χ1n) is 7.03. The van der Waals surface area contributed by atoms with E-state index in [1.54, 1.807) is 25.3 Å². The maximum Gasteiger partial charge on any atom is 0.328 e. The van der Waals surface area contributed by atoms with E-state index in [1.165, 1.54) is 19.9 Å². The highest BCUT2D eigenvalue weighted by Gasteiger charge is 2.70. The van der Waals surface area contributed by atoms with Crippen molar-refractivity contribution < 1.29 is 23.1 Å². The van der Waals surface area contributed by atoms with Crippen LogP contribution in [0.1, 0.15) is 25.1 Å². The molecule has 0 radical (unpaired) electrons. The molecular weight excluding hydrogens is 320 g/mol. The first-order valence-corrected chi connectivity index (χ1v) is 8.57. The lowest BCUT2D eigenvalue weighted by Gasteiger charge is -2.37. The van der Waals surface area contributed by atoms with Crippen molar-refractivity contribution in [3.8, 4) is 0 Å². The van der Waals surface area contributed by atoms with Crippen molar-refractivity contribution in [1.82, 2.24) is 9.88 Å². The van der Waals surface area contributed by atoms with Crippen LogP contribution in [0.3, 0.4) is 0 Å². The molecular formula is C15H16N2O5S. The van der Waals surface area contributed by atoms with Gasteiger partial charge in [0.2, 0.25) is 0 Å². The third-order valence-electron chi connectivity index (χ3n) is 4.54. The third kappa shape index (κ3) is 1.87. The lowest BCUT2D eigenvalue weighted by Crippen LogP contribution is -2.58. The number of pyridine rings is 1. The molecule has 8 heteroatoms. The Morgan fingerprint density at radius 2 is 2.09 bits per heavy atom. The van der Waals surface area contributed by atoms with Gasteiger partial charge in [-0.25, -0.2) is 13.2 Å². The van der Waals surface area contributed by atoms with E-state index in [2.05, 4.69) is 4.98 Å². The van der Waals surface area contributed by atoms with Crippen molar-refractivity contribution in [1.29, 1.82) is 0 Å². The number of hydrogen-bond acceptors (Lipinski definition) is 5. The molecule has 1 amide bonds. The number of rotatable bonds is 2. The smallest absolute Gasteiger partial charge is 0.328 e. The van der Waals surface area contributed by atoms with Gasteiger partial charge in [-0.05, 0) is 38.5 Å². The fourth-order valence-corrected chi connectivity index (χ4v) is 5.26. The third-order valence-corrected chi connectivity index (χ3v) is 7.30. The maximum atomic E-state index is 12.7. The Morgan fingerprint density at radius 3 is 2.65 bits per heavy atom. The molecule has 0 unspecified atom stereocenters. The van der Waals surface area contributed by atoms with Gasteiger partial charge in [-0.15, -0.1) is 0 Å². The predicted octanol–water partition coefficient (Wildman–Crippen LogP) is 0.602. The summed E-state index contributed by atoms with van der Waals surface area (Å²) >= 11 is 0. The minimum absolute atomic E-state index is 0.0728. The molecule has 7 nitrogen and oxygen atoms in total.